The van der Waals surface area contributed by atoms with Gasteiger partial charge in [-0.25, -0.2) is 9.97 Å². The van der Waals surface area contributed by atoms with Crippen LogP contribution in [0, 0.1) is 0 Å². The molecule has 1 atom stereocenters. The maximum atomic E-state index is 13.5. The molecule has 0 radical (unpaired) electrons. The number of nitrogens with one attached hydrogen (secondary N) is 2. The SMILES string of the molecule is O=C1CCC(N2Cc3cccc(CN(c4ccnc(Cl)n4)C4CCNCC4)c3C2=O)C(=O)N1. The molecule has 0 aliphatic carbocycles. The highest BCUT2D eigenvalue weighted by Crippen LogP contribution is 2.32. The Bertz CT molecular complexity index is 1100. The number of anilines is 1. The number of rotatable bonds is 5. The van der Waals surface area contributed by atoms with E-state index in [9.17, 15) is 14.4 Å². The Labute approximate surface area is 196 Å². The quantitative estimate of drug-likeness (QED) is 0.507. The highest BCUT2D eigenvalue weighted by Gasteiger charge is 2.40. The minimum absolute atomic E-state index is 0.166. The van der Waals surface area contributed by atoms with Crippen molar-refractivity contribution in [1.82, 2.24) is 25.5 Å². The molecule has 1 unspecified atom stereocenters. The Morgan fingerprint density at radius 1 is 1.12 bits per heavy atom. The molecule has 2 N–H and O–H groups in total. The third-order valence-corrected chi connectivity index (χ3v) is 6.82. The first-order valence-electron chi connectivity index (χ1n) is 11.2. The highest BCUT2D eigenvalue weighted by molar-refractivity contribution is 6.28. The number of carbonyl (C=O) groups is 3. The van der Waals surface area contributed by atoms with Gasteiger partial charge in [0.05, 0.1) is 0 Å². The van der Waals surface area contributed by atoms with E-state index in [1.165, 1.54) is 0 Å². The van der Waals surface area contributed by atoms with Gasteiger partial charge in [-0.1, -0.05) is 18.2 Å². The Morgan fingerprint density at radius 2 is 1.94 bits per heavy atom. The van der Waals surface area contributed by atoms with Gasteiger partial charge in [0.25, 0.3) is 5.91 Å². The Kier molecular flexibility index (Phi) is 5.99. The molecule has 0 spiro atoms. The first-order chi connectivity index (χ1) is 16.0. The number of nitrogens with zero attached hydrogens (tertiary/aromatic N) is 4. The average Bonchev–Trinajstić information content (AvgIpc) is 3.15. The lowest BCUT2D eigenvalue weighted by Gasteiger charge is -2.36. The van der Waals surface area contributed by atoms with Crippen molar-refractivity contribution in [2.75, 3.05) is 18.0 Å². The standard InChI is InChI=1S/C23H25ClN6O3/c24-23-26-11-8-18(27-23)29(16-6-9-25-10-7-16)12-14-2-1-3-15-13-30(22(33)20(14)15)17-4-5-19(31)28-21(17)32/h1-3,8,11,16-17,25H,4-7,9-10,12-13H2,(H,28,31,32). The third kappa shape index (κ3) is 4.30. The van der Waals surface area contributed by atoms with E-state index in [-0.39, 0.29) is 29.6 Å². The summed E-state index contributed by atoms with van der Waals surface area (Å²) in [6, 6.07) is 7.30. The number of hydrogen-bond donors (Lipinski definition) is 2. The Balaban J connectivity index is 1.45. The topological polar surface area (TPSA) is 108 Å². The fourth-order valence-corrected chi connectivity index (χ4v) is 5.15. The van der Waals surface area contributed by atoms with Crippen LogP contribution in [-0.2, 0) is 22.7 Å². The Hall–Kier alpha value is -3.04. The van der Waals surface area contributed by atoms with E-state index in [0.29, 0.717) is 25.1 Å². The summed E-state index contributed by atoms with van der Waals surface area (Å²) in [5.74, 6) is -0.129. The second-order valence-corrected chi connectivity index (χ2v) is 8.98. The van der Waals surface area contributed by atoms with Gasteiger partial charge in [-0.3, -0.25) is 19.7 Å². The summed E-state index contributed by atoms with van der Waals surface area (Å²) in [5, 5.41) is 5.93. The van der Waals surface area contributed by atoms with Gasteiger partial charge in [0.1, 0.15) is 11.9 Å². The Morgan fingerprint density at radius 3 is 2.70 bits per heavy atom. The van der Waals surface area contributed by atoms with Crippen LogP contribution in [0.4, 0.5) is 5.82 Å². The van der Waals surface area contributed by atoms with Gasteiger partial charge in [-0.2, -0.15) is 0 Å². The monoisotopic (exact) mass is 468 g/mol. The lowest BCUT2D eigenvalue weighted by molar-refractivity contribution is -0.136. The van der Waals surface area contributed by atoms with Crippen LogP contribution >= 0.6 is 11.6 Å². The normalized spacial score (nSPS) is 21.2. The summed E-state index contributed by atoms with van der Waals surface area (Å²) < 4.78 is 0. The summed E-state index contributed by atoms with van der Waals surface area (Å²) in [7, 11) is 0. The molecule has 3 amide bonds. The molecule has 0 saturated carbocycles. The van der Waals surface area contributed by atoms with E-state index in [0.717, 1.165) is 42.9 Å². The van der Waals surface area contributed by atoms with E-state index in [2.05, 4.69) is 25.5 Å². The molecule has 1 aromatic heterocycles. The molecule has 2 aromatic rings. The van der Waals surface area contributed by atoms with Gasteiger partial charge in [-0.05, 0) is 61.1 Å². The molecule has 3 aliphatic rings. The molecule has 33 heavy (non-hydrogen) atoms. The van der Waals surface area contributed by atoms with Crippen LogP contribution in [0.3, 0.4) is 0 Å². The summed E-state index contributed by atoms with van der Waals surface area (Å²) in [4.78, 5) is 49.7. The molecule has 5 rings (SSSR count). The van der Waals surface area contributed by atoms with E-state index in [1.807, 2.05) is 24.3 Å². The van der Waals surface area contributed by atoms with Crippen molar-refractivity contribution in [1.29, 1.82) is 0 Å². The van der Waals surface area contributed by atoms with Gasteiger partial charge < -0.3 is 15.1 Å². The lowest BCUT2D eigenvalue weighted by Crippen LogP contribution is -2.52. The molecular weight excluding hydrogens is 444 g/mol. The van der Waals surface area contributed by atoms with E-state index < -0.39 is 11.9 Å². The van der Waals surface area contributed by atoms with Crippen LogP contribution in [0.5, 0.6) is 0 Å². The number of aromatic nitrogens is 2. The van der Waals surface area contributed by atoms with Gasteiger partial charge in [0, 0.05) is 37.3 Å². The van der Waals surface area contributed by atoms with E-state index >= 15 is 0 Å². The van der Waals surface area contributed by atoms with Crippen molar-refractivity contribution in [2.24, 2.45) is 0 Å². The van der Waals surface area contributed by atoms with Crippen molar-refractivity contribution in [3.05, 3.63) is 52.4 Å². The van der Waals surface area contributed by atoms with Crippen molar-refractivity contribution in [3.63, 3.8) is 0 Å². The lowest BCUT2D eigenvalue weighted by atomic mass is 9.99. The zero-order valence-electron chi connectivity index (χ0n) is 18.1. The number of imide groups is 1. The van der Waals surface area contributed by atoms with Crippen LogP contribution < -0.4 is 15.5 Å². The van der Waals surface area contributed by atoms with Crippen LogP contribution in [0.2, 0.25) is 5.28 Å². The number of benzene rings is 1. The van der Waals surface area contributed by atoms with Gasteiger partial charge in [0.2, 0.25) is 17.1 Å². The van der Waals surface area contributed by atoms with Crippen LogP contribution in [0.1, 0.15) is 47.2 Å². The molecule has 9 nitrogen and oxygen atoms in total. The first kappa shape index (κ1) is 21.8. The fourth-order valence-electron chi connectivity index (χ4n) is 5.01. The molecule has 172 valence electrons. The van der Waals surface area contributed by atoms with Crippen LogP contribution in [-0.4, -0.2) is 57.8 Å². The molecule has 10 heteroatoms. The van der Waals surface area contributed by atoms with E-state index in [4.69, 9.17) is 11.6 Å². The molecular formula is C23H25ClN6O3. The predicted molar refractivity (Wildman–Crippen MR) is 122 cm³/mol. The summed E-state index contributed by atoms with van der Waals surface area (Å²) in [6.07, 6.45) is 4.13. The number of hydrogen-bond acceptors (Lipinski definition) is 7. The minimum atomic E-state index is -0.628. The van der Waals surface area contributed by atoms with Crippen molar-refractivity contribution < 1.29 is 14.4 Å². The maximum absolute atomic E-state index is 13.5. The summed E-state index contributed by atoms with van der Waals surface area (Å²) in [6.45, 7) is 2.68. The third-order valence-electron chi connectivity index (χ3n) is 6.63. The van der Waals surface area contributed by atoms with Crippen LogP contribution in [0.25, 0.3) is 0 Å². The molecule has 4 heterocycles. The van der Waals surface area contributed by atoms with Crippen molar-refractivity contribution in [3.8, 4) is 0 Å². The number of piperidine rings is 2. The minimum Gasteiger partial charge on any atom is -0.349 e. The molecule has 2 saturated heterocycles. The fraction of sp³-hybridized carbons (Fsp3) is 0.435. The smallest absolute Gasteiger partial charge is 0.255 e. The number of carbonyl (C=O) groups excluding carboxylic acids is 3. The second kappa shape index (κ2) is 9.07. The number of halogens is 1. The maximum Gasteiger partial charge on any atom is 0.255 e. The van der Waals surface area contributed by atoms with Gasteiger partial charge in [0.15, 0.2) is 0 Å². The van der Waals surface area contributed by atoms with Crippen LogP contribution in [0.15, 0.2) is 30.5 Å². The first-order valence-corrected chi connectivity index (χ1v) is 11.6. The van der Waals surface area contributed by atoms with E-state index in [1.54, 1.807) is 11.1 Å². The van der Waals surface area contributed by atoms with Gasteiger partial charge in [-0.15, -0.1) is 0 Å². The number of amides is 3. The second-order valence-electron chi connectivity index (χ2n) is 8.64. The molecule has 1 aromatic carbocycles. The van der Waals surface area contributed by atoms with Crippen molar-refractivity contribution in [2.45, 2.75) is 50.9 Å². The van der Waals surface area contributed by atoms with Gasteiger partial charge >= 0.3 is 0 Å². The molecule has 0 bridgehead atoms. The number of fused-ring (bicyclic) bond motifs is 1. The summed E-state index contributed by atoms with van der Waals surface area (Å²) in [5.41, 5.74) is 2.43. The largest absolute Gasteiger partial charge is 0.349 e. The molecule has 3 aliphatic heterocycles. The zero-order chi connectivity index (χ0) is 22.9. The van der Waals surface area contributed by atoms with Crippen molar-refractivity contribution >= 4 is 35.1 Å². The summed E-state index contributed by atoms with van der Waals surface area (Å²) >= 11 is 6.09. The average molecular weight is 469 g/mol. The highest BCUT2D eigenvalue weighted by atomic mass is 35.5. The predicted octanol–water partition coefficient (Wildman–Crippen LogP) is 1.65. The molecule has 2 fully saturated rings. The zero-order valence-corrected chi connectivity index (χ0v) is 18.8.